The van der Waals surface area contributed by atoms with Gasteiger partial charge in [-0.05, 0) is 6.42 Å². The van der Waals surface area contributed by atoms with Gasteiger partial charge in [0.15, 0.2) is 11.5 Å². The van der Waals surface area contributed by atoms with Gasteiger partial charge in [0, 0.05) is 50.7 Å². The zero-order chi connectivity index (χ0) is 22.5. The molecule has 13 heteroatoms. The fourth-order valence-corrected chi connectivity index (χ4v) is 4.17. The molecule has 3 aromatic rings. The highest BCUT2D eigenvalue weighted by atomic mass is 35.5. The zero-order valence-corrected chi connectivity index (χ0v) is 17.6. The molecule has 2 aliphatic rings. The van der Waals surface area contributed by atoms with Crippen molar-refractivity contribution in [3.63, 3.8) is 0 Å². The molecule has 0 spiro atoms. The van der Waals surface area contributed by atoms with Crippen LogP contribution in [0.1, 0.15) is 6.42 Å². The van der Waals surface area contributed by atoms with Crippen molar-refractivity contribution in [2.24, 2.45) is 0 Å². The van der Waals surface area contributed by atoms with Crippen LogP contribution >= 0.6 is 11.6 Å². The number of fused-ring (bicyclic) bond motifs is 1. The van der Waals surface area contributed by atoms with E-state index in [1.807, 2.05) is 0 Å². The summed E-state index contributed by atoms with van der Waals surface area (Å²) in [6, 6.07) is -1.61. The second-order valence-corrected chi connectivity index (χ2v) is 8.21. The number of anilines is 1. The third-order valence-electron chi connectivity index (χ3n) is 5.79. The summed E-state index contributed by atoms with van der Waals surface area (Å²) in [5.74, 6) is 0.0733. The Kier molecular flexibility index (Phi) is 5.20. The van der Waals surface area contributed by atoms with Crippen LogP contribution in [0.25, 0.3) is 16.9 Å². The zero-order valence-electron chi connectivity index (χ0n) is 16.9. The number of amides is 1. The van der Waals surface area contributed by atoms with Gasteiger partial charge in [0.1, 0.15) is 17.7 Å². The van der Waals surface area contributed by atoms with Crippen LogP contribution in [0.5, 0.6) is 0 Å². The minimum Gasteiger partial charge on any atom is -0.341 e. The fraction of sp³-hybridized carbons (Fsp3) is 0.474. The highest BCUT2D eigenvalue weighted by Gasteiger charge is 2.50. The predicted octanol–water partition coefficient (Wildman–Crippen LogP) is 1.82. The molecule has 0 aromatic carbocycles. The number of carbonyl (C=O) groups excluding carboxylic acids is 1. The first-order chi connectivity index (χ1) is 15.3. The Balaban J connectivity index is 1.45. The molecule has 5 heterocycles. The molecule has 2 saturated heterocycles. The van der Waals surface area contributed by atoms with Gasteiger partial charge in [-0.25, -0.2) is 9.97 Å². The molecule has 32 heavy (non-hydrogen) atoms. The Morgan fingerprint density at radius 1 is 1.19 bits per heavy atom. The third-order valence-corrected chi connectivity index (χ3v) is 6.07. The van der Waals surface area contributed by atoms with E-state index in [-0.39, 0.29) is 42.0 Å². The van der Waals surface area contributed by atoms with Crippen LogP contribution in [0.4, 0.5) is 19.0 Å². The molecule has 0 unspecified atom stereocenters. The summed E-state index contributed by atoms with van der Waals surface area (Å²) in [6.07, 6.45) is 1.81. The second-order valence-electron chi connectivity index (χ2n) is 7.82. The van der Waals surface area contributed by atoms with Gasteiger partial charge in [0.05, 0.1) is 18.1 Å². The van der Waals surface area contributed by atoms with Crippen molar-refractivity contribution < 1.29 is 18.0 Å². The Hall–Kier alpha value is -2.86. The molecule has 9 nitrogen and oxygen atoms in total. The average Bonchev–Trinajstić information content (AvgIpc) is 3.33. The summed E-state index contributed by atoms with van der Waals surface area (Å²) in [4.78, 5) is 24.1. The Labute approximate surface area is 185 Å². The number of hydrogen-bond donors (Lipinski definition) is 1. The number of aromatic nitrogens is 5. The molecule has 1 amide bonds. The fourth-order valence-electron chi connectivity index (χ4n) is 3.99. The molecule has 1 atom stereocenters. The Bertz CT molecular complexity index is 1150. The van der Waals surface area contributed by atoms with Gasteiger partial charge in [-0.2, -0.15) is 18.3 Å². The summed E-state index contributed by atoms with van der Waals surface area (Å²) >= 11 is 6.21. The minimum atomic E-state index is -4.36. The van der Waals surface area contributed by atoms with Crippen molar-refractivity contribution in [3.05, 3.63) is 29.9 Å². The number of carbonyl (C=O) groups is 1. The van der Waals surface area contributed by atoms with Gasteiger partial charge in [0.25, 0.3) is 0 Å². The lowest BCUT2D eigenvalue weighted by atomic mass is 10.0. The van der Waals surface area contributed by atoms with E-state index in [1.165, 1.54) is 26.4 Å². The molecule has 0 radical (unpaired) electrons. The van der Waals surface area contributed by atoms with E-state index in [2.05, 4.69) is 20.4 Å². The van der Waals surface area contributed by atoms with Crippen molar-refractivity contribution in [2.45, 2.75) is 25.2 Å². The van der Waals surface area contributed by atoms with Crippen molar-refractivity contribution in [3.8, 4) is 11.3 Å². The molecular weight excluding hydrogens is 449 g/mol. The van der Waals surface area contributed by atoms with Gasteiger partial charge in [-0.15, -0.1) is 0 Å². The SMILES string of the molecule is O=C(Cn1cc(-c2cn3c(Cl)cnc3c(N3CC[C@@H]3C(F)(F)F)n2)cn1)N1CCNCC1. The number of piperazine rings is 1. The van der Waals surface area contributed by atoms with Gasteiger partial charge >= 0.3 is 6.18 Å². The molecule has 2 aliphatic heterocycles. The van der Waals surface area contributed by atoms with Gasteiger partial charge in [0.2, 0.25) is 5.91 Å². The van der Waals surface area contributed by atoms with Gasteiger partial charge in [-0.1, -0.05) is 11.6 Å². The summed E-state index contributed by atoms with van der Waals surface area (Å²) < 4.78 is 43.1. The number of imidazole rings is 1. The van der Waals surface area contributed by atoms with E-state index in [1.54, 1.807) is 17.3 Å². The van der Waals surface area contributed by atoms with Gasteiger partial charge in [-0.3, -0.25) is 13.9 Å². The standard InChI is InChI=1S/C19H20ClF3N8O/c20-15-8-25-17-18(30-4-1-14(30)19(21,22)23)27-13(10-31(15)17)12-7-26-29(9-12)11-16(32)28-5-2-24-3-6-28/h7-10,14,24H,1-6,11H2/t14-/m1/s1. The molecule has 0 saturated carbocycles. The number of nitrogens with one attached hydrogen (secondary N) is 1. The first kappa shape index (κ1) is 21.0. The van der Waals surface area contributed by atoms with Crippen molar-refractivity contribution in [1.82, 2.24) is 34.4 Å². The lowest BCUT2D eigenvalue weighted by Gasteiger charge is -2.42. The maximum absolute atomic E-state index is 13.4. The van der Waals surface area contributed by atoms with Gasteiger partial charge < -0.3 is 15.1 Å². The number of rotatable bonds is 4. The van der Waals surface area contributed by atoms with E-state index < -0.39 is 12.2 Å². The monoisotopic (exact) mass is 468 g/mol. The summed E-state index contributed by atoms with van der Waals surface area (Å²) in [7, 11) is 0. The second kappa shape index (κ2) is 7.93. The van der Waals surface area contributed by atoms with Crippen LogP contribution < -0.4 is 10.2 Å². The summed E-state index contributed by atoms with van der Waals surface area (Å²) in [6.45, 7) is 3.09. The van der Waals surface area contributed by atoms with Crippen LogP contribution in [-0.4, -0.2) is 79.9 Å². The van der Waals surface area contributed by atoms with Crippen LogP contribution in [-0.2, 0) is 11.3 Å². The van der Waals surface area contributed by atoms with E-state index in [0.29, 0.717) is 24.3 Å². The third kappa shape index (κ3) is 3.77. The smallest absolute Gasteiger partial charge is 0.341 e. The number of nitrogens with zero attached hydrogens (tertiary/aromatic N) is 7. The van der Waals surface area contributed by atoms with E-state index >= 15 is 0 Å². The normalized spacial score (nSPS) is 19.4. The number of alkyl halides is 3. The average molecular weight is 469 g/mol. The van der Waals surface area contributed by atoms with Crippen LogP contribution in [0, 0.1) is 0 Å². The molecule has 5 rings (SSSR count). The highest BCUT2D eigenvalue weighted by molar-refractivity contribution is 6.29. The topological polar surface area (TPSA) is 83.6 Å². The van der Waals surface area contributed by atoms with E-state index in [0.717, 1.165) is 13.1 Å². The Morgan fingerprint density at radius 3 is 2.66 bits per heavy atom. The van der Waals surface area contributed by atoms with E-state index in [9.17, 15) is 18.0 Å². The number of hydrogen-bond acceptors (Lipinski definition) is 6. The molecule has 2 fully saturated rings. The molecule has 3 aromatic heterocycles. The first-order valence-corrected chi connectivity index (χ1v) is 10.6. The molecule has 1 N–H and O–H groups in total. The van der Waals surface area contributed by atoms with Crippen LogP contribution in [0.2, 0.25) is 5.15 Å². The number of halogens is 4. The molecule has 0 bridgehead atoms. The Morgan fingerprint density at radius 2 is 1.97 bits per heavy atom. The highest BCUT2D eigenvalue weighted by Crippen LogP contribution is 2.39. The van der Waals surface area contributed by atoms with Crippen molar-refractivity contribution >= 4 is 29.0 Å². The largest absolute Gasteiger partial charge is 0.408 e. The lowest BCUT2D eigenvalue weighted by Crippen LogP contribution is -2.56. The van der Waals surface area contributed by atoms with Crippen LogP contribution in [0.15, 0.2) is 24.8 Å². The maximum Gasteiger partial charge on any atom is 0.408 e. The summed E-state index contributed by atoms with van der Waals surface area (Å²) in [5.41, 5.74) is 1.21. The first-order valence-electron chi connectivity index (χ1n) is 10.2. The maximum atomic E-state index is 13.4. The van der Waals surface area contributed by atoms with Crippen molar-refractivity contribution in [2.75, 3.05) is 37.6 Å². The quantitative estimate of drug-likeness (QED) is 0.629. The van der Waals surface area contributed by atoms with E-state index in [4.69, 9.17) is 11.6 Å². The molecule has 170 valence electrons. The molecule has 0 aliphatic carbocycles. The van der Waals surface area contributed by atoms with Crippen LogP contribution in [0.3, 0.4) is 0 Å². The van der Waals surface area contributed by atoms with Crippen molar-refractivity contribution in [1.29, 1.82) is 0 Å². The minimum absolute atomic E-state index is 0.00206. The summed E-state index contributed by atoms with van der Waals surface area (Å²) in [5, 5.41) is 7.70. The molecular formula is C19H20ClF3N8O. The lowest BCUT2D eigenvalue weighted by molar-refractivity contribution is -0.159. The predicted molar refractivity (Wildman–Crippen MR) is 110 cm³/mol.